The fourth-order valence-electron chi connectivity index (χ4n) is 2.40. The van der Waals surface area contributed by atoms with E-state index in [2.05, 4.69) is 10.6 Å². The predicted octanol–water partition coefficient (Wildman–Crippen LogP) is 1.81. The van der Waals surface area contributed by atoms with Crippen LogP contribution in [0.5, 0.6) is 5.75 Å². The van der Waals surface area contributed by atoms with Crippen LogP contribution < -0.4 is 15.4 Å². The van der Waals surface area contributed by atoms with Crippen LogP contribution in [0.2, 0.25) is 0 Å². The molecule has 0 aromatic heterocycles. The number of amides is 2. The van der Waals surface area contributed by atoms with Crippen molar-refractivity contribution >= 4 is 17.5 Å². The fraction of sp³-hybridized carbons (Fsp3) is 0.300. The van der Waals surface area contributed by atoms with Crippen molar-refractivity contribution in [1.29, 1.82) is 0 Å². The Morgan fingerprint density at radius 2 is 1.85 bits per heavy atom. The van der Waals surface area contributed by atoms with Crippen molar-refractivity contribution in [3.63, 3.8) is 0 Å². The first-order chi connectivity index (χ1) is 13.0. The number of aliphatic hydroxyl groups is 1. The van der Waals surface area contributed by atoms with Gasteiger partial charge in [0.25, 0.3) is 0 Å². The topological polar surface area (TPSA) is 96.9 Å². The van der Waals surface area contributed by atoms with E-state index in [1.165, 1.54) is 7.11 Å². The summed E-state index contributed by atoms with van der Waals surface area (Å²) < 4.78 is 10.7. The van der Waals surface area contributed by atoms with Crippen molar-refractivity contribution < 1.29 is 24.2 Å². The normalized spacial score (nSPS) is 11.5. The Kier molecular flexibility index (Phi) is 7.79. The van der Waals surface area contributed by atoms with Crippen molar-refractivity contribution in [3.05, 3.63) is 59.7 Å². The first-order valence-corrected chi connectivity index (χ1v) is 8.55. The molecule has 0 heterocycles. The van der Waals surface area contributed by atoms with Gasteiger partial charge < -0.3 is 25.2 Å². The third-order valence-corrected chi connectivity index (χ3v) is 3.84. The summed E-state index contributed by atoms with van der Waals surface area (Å²) in [5.41, 5.74) is 2.41. The number of aryl methyl sites for hydroxylation is 1. The molecule has 2 aromatic rings. The van der Waals surface area contributed by atoms with Gasteiger partial charge in [0.1, 0.15) is 5.75 Å². The second-order valence-electron chi connectivity index (χ2n) is 5.89. The molecule has 0 spiro atoms. The summed E-state index contributed by atoms with van der Waals surface area (Å²) in [5, 5.41) is 14.1. The third-order valence-electron chi connectivity index (χ3n) is 3.84. The van der Waals surface area contributed by atoms with Crippen LogP contribution in [0, 0.1) is 6.92 Å². The van der Waals surface area contributed by atoms with E-state index in [9.17, 15) is 9.59 Å². The number of hydrogen-bond acceptors (Lipinski definition) is 5. The summed E-state index contributed by atoms with van der Waals surface area (Å²) in [5.74, 6) is -0.986. The first kappa shape index (κ1) is 20.4. The zero-order valence-corrected chi connectivity index (χ0v) is 15.4. The summed E-state index contributed by atoms with van der Waals surface area (Å²) in [6.45, 7) is 2.07. The molecule has 2 rings (SSSR count). The molecule has 0 bridgehead atoms. The van der Waals surface area contributed by atoms with Crippen LogP contribution in [0.3, 0.4) is 0 Å². The molecule has 27 heavy (non-hydrogen) atoms. The van der Waals surface area contributed by atoms with Crippen molar-refractivity contribution in [1.82, 2.24) is 5.32 Å². The lowest BCUT2D eigenvalue weighted by atomic mass is 10.1. The lowest BCUT2D eigenvalue weighted by Crippen LogP contribution is -2.38. The van der Waals surface area contributed by atoms with Gasteiger partial charge in [-0.2, -0.15) is 0 Å². The quantitative estimate of drug-likeness (QED) is 0.614. The number of anilines is 1. The van der Waals surface area contributed by atoms with Crippen molar-refractivity contribution in [2.75, 3.05) is 32.2 Å². The van der Waals surface area contributed by atoms with Gasteiger partial charge in [-0.25, -0.2) is 0 Å². The number of ether oxygens (including phenoxy) is 2. The Bertz CT molecular complexity index is 761. The molecule has 0 unspecified atom stereocenters. The van der Waals surface area contributed by atoms with Crippen molar-refractivity contribution in [3.8, 4) is 5.75 Å². The average molecular weight is 372 g/mol. The van der Waals surface area contributed by atoms with E-state index in [1.807, 2.05) is 31.2 Å². The molecule has 7 nitrogen and oxygen atoms in total. The van der Waals surface area contributed by atoms with Crippen molar-refractivity contribution in [2.24, 2.45) is 0 Å². The van der Waals surface area contributed by atoms with E-state index in [0.29, 0.717) is 11.4 Å². The lowest BCUT2D eigenvalue weighted by Gasteiger charge is -2.18. The molecule has 2 amide bonds. The van der Waals surface area contributed by atoms with Crippen LogP contribution in [0.15, 0.2) is 48.5 Å². The van der Waals surface area contributed by atoms with Crippen LogP contribution >= 0.6 is 0 Å². The third kappa shape index (κ3) is 6.40. The number of rotatable bonds is 8. The SMILES string of the molecule is COc1cccc(NC(=O)C(=O)NC[C@H](OCCO)c2ccc(C)cc2)c1. The highest BCUT2D eigenvalue weighted by molar-refractivity contribution is 6.39. The standard InChI is InChI=1S/C20H24N2O5/c1-14-6-8-15(9-7-14)18(27-11-10-23)13-21-19(24)20(25)22-16-4-3-5-17(12-16)26-2/h3-9,12,18,23H,10-11,13H2,1-2H3,(H,21,24)(H,22,25)/t18-/m0/s1. The number of carbonyl (C=O) groups is 2. The molecule has 0 fully saturated rings. The van der Waals surface area contributed by atoms with Gasteiger partial charge in [0.15, 0.2) is 0 Å². The summed E-state index contributed by atoms with van der Waals surface area (Å²) in [6.07, 6.45) is -0.466. The molecule has 0 saturated heterocycles. The van der Waals surface area contributed by atoms with Gasteiger partial charge in [-0.05, 0) is 24.6 Å². The molecule has 144 valence electrons. The molecule has 0 aliphatic carbocycles. The molecule has 3 N–H and O–H groups in total. The highest BCUT2D eigenvalue weighted by Gasteiger charge is 2.18. The van der Waals surface area contributed by atoms with Gasteiger partial charge in [-0.15, -0.1) is 0 Å². The second kappa shape index (κ2) is 10.3. The number of hydrogen-bond donors (Lipinski definition) is 3. The van der Waals surface area contributed by atoms with E-state index in [1.54, 1.807) is 24.3 Å². The molecule has 1 atom stereocenters. The molecule has 0 saturated carbocycles. The molecule has 7 heteroatoms. The number of aliphatic hydroxyl groups excluding tert-OH is 1. The second-order valence-corrected chi connectivity index (χ2v) is 5.89. The van der Waals surface area contributed by atoms with Gasteiger partial charge in [0.2, 0.25) is 0 Å². The summed E-state index contributed by atoms with van der Waals surface area (Å²) in [6, 6.07) is 14.4. The lowest BCUT2D eigenvalue weighted by molar-refractivity contribution is -0.136. The summed E-state index contributed by atoms with van der Waals surface area (Å²) in [7, 11) is 1.52. The Morgan fingerprint density at radius 1 is 1.11 bits per heavy atom. The summed E-state index contributed by atoms with van der Waals surface area (Å²) in [4.78, 5) is 24.2. The minimum atomic E-state index is -0.784. The zero-order chi connectivity index (χ0) is 19.6. The monoisotopic (exact) mass is 372 g/mol. The van der Waals surface area contributed by atoms with Crippen LogP contribution in [0.1, 0.15) is 17.2 Å². The Labute approximate surface area is 158 Å². The Hall–Kier alpha value is -2.90. The van der Waals surface area contributed by atoms with Gasteiger partial charge in [0.05, 0.1) is 26.4 Å². The van der Waals surface area contributed by atoms with Gasteiger partial charge in [-0.3, -0.25) is 9.59 Å². The molecular formula is C20H24N2O5. The van der Waals surface area contributed by atoms with Crippen LogP contribution in [-0.4, -0.2) is 43.8 Å². The van der Waals surface area contributed by atoms with E-state index >= 15 is 0 Å². The van der Waals surface area contributed by atoms with E-state index in [-0.39, 0.29) is 19.8 Å². The van der Waals surface area contributed by atoms with Gasteiger partial charge in [-0.1, -0.05) is 35.9 Å². The fourth-order valence-corrected chi connectivity index (χ4v) is 2.40. The minimum absolute atomic E-state index is 0.105. The number of carbonyl (C=O) groups excluding carboxylic acids is 2. The van der Waals surface area contributed by atoms with E-state index in [0.717, 1.165) is 11.1 Å². The molecule has 2 aromatic carbocycles. The minimum Gasteiger partial charge on any atom is -0.497 e. The van der Waals surface area contributed by atoms with Gasteiger partial charge in [0, 0.05) is 18.3 Å². The Morgan fingerprint density at radius 3 is 2.52 bits per heavy atom. The highest BCUT2D eigenvalue weighted by atomic mass is 16.5. The molecular weight excluding hydrogens is 348 g/mol. The van der Waals surface area contributed by atoms with E-state index < -0.39 is 17.9 Å². The predicted molar refractivity (Wildman–Crippen MR) is 102 cm³/mol. The summed E-state index contributed by atoms with van der Waals surface area (Å²) >= 11 is 0. The highest BCUT2D eigenvalue weighted by Crippen LogP contribution is 2.18. The maximum absolute atomic E-state index is 12.1. The maximum Gasteiger partial charge on any atom is 0.313 e. The van der Waals surface area contributed by atoms with Crippen molar-refractivity contribution in [2.45, 2.75) is 13.0 Å². The van der Waals surface area contributed by atoms with E-state index in [4.69, 9.17) is 14.6 Å². The first-order valence-electron chi connectivity index (χ1n) is 8.55. The Balaban J connectivity index is 1.95. The molecule has 0 aliphatic rings. The number of benzene rings is 2. The smallest absolute Gasteiger partial charge is 0.313 e. The molecule has 0 radical (unpaired) electrons. The van der Waals surface area contributed by atoms with Gasteiger partial charge >= 0.3 is 11.8 Å². The zero-order valence-electron chi connectivity index (χ0n) is 15.4. The van der Waals surface area contributed by atoms with Crippen LogP contribution in [-0.2, 0) is 14.3 Å². The number of methoxy groups -OCH3 is 1. The average Bonchev–Trinajstić information content (AvgIpc) is 2.68. The number of nitrogens with one attached hydrogen (secondary N) is 2. The molecule has 0 aliphatic heterocycles. The largest absolute Gasteiger partial charge is 0.497 e. The maximum atomic E-state index is 12.1. The van der Waals surface area contributed by atoms with Crippen LogP contribution in [0.25, 0.3) is 0 Å². The van der Waals surface area contributed by atoms with Crippen LogP contribution in [0.4, 0.5) is 5.69 Å².